The Labute approximate surface area is 142 Å². The first-order valence-electron chi connectivity index (χ1n) is 6.97. The average molecular weight is 345 g/mol. The normalized spacial score (nSPS) is 11.3. The van der Waals surface area contributed by atoms with Gasteiger partial charge in [-0.1, -0.05) is 17.7 Å². The van der Waals surface area contributed by atoms with Gasteiger partial charge in [-0.2, -0.15) is 0 Å². The minimum Gasteiger partial charge on any atom is -0.495 e. The van der Waals surface area contributed by atoms with Crippen LogP contribution in [0.1, 0.15) is 16.1 Å². The minimum absolute atomic E-state index is 0.146. The maximum absolute atomic E-state index is 11.4. The minimum atomic E-state index is -1.17. The van der Waals surface area contributed by atoms with Crippen LogP contribution >= 0.6 is 11.6 Å². The van der Waals surface area contributed by atoms with Crippen LogP contribution in [-0.2, 0) is 0 Å². The van der Waals surface area contributed by atoms with Crippen LogP contribution in [0.15, 0.2) is 46.8 Å². The van der Waals surface area contributed by atoms with Crippen molar-refractivity contribution in [1.29, 1.82) is 0 Å². The second kappa shape index (κ2) is 6.29. The van der Waals surface area contributed by atoms with E-state index in [1.165, 1.54) is 7.11 Å². The fourth-order valence-corrected chi connectivity index (χ4v) is 2.45. The molecule has 0 aliphatic rings. The van der Waals surface area contributed by atoms with Gasteiger partial charge in [0.1, 0.15) is 11.4 Å². The number of aromatic carboxylic acids is 1. The number of aromatic nitrogens is 2. The Morgan fingerprint density at radius 1 is 1.29 bits per heavy atom. The molecule has 0 fully saturated rings. The van der Waals surface area contributed by atoms with E-state index in [9.17, 15) is 9.90 Å². The van der Waals surface area contributed by atoms with E-state index in [1.54, 1.807) is 34.9 Å². The summed E-state index contributed by atoms with van der Waals surface area (Å²) in [5.41, 5.74) is 1.74. The molecule has 3 rings (SSSR count). The Balaban J connectivity index is 2.08. The van der Waals surface area contributed by atoms with Crippen LogP contribution < -0.4 is 4.74 Å². The quantitative estimate of drug-likeness (QED) is 0.709. The molecule has 1 aromatic carbocycles. The highest BCUT2D eigenvalue weighted by Gasteiger charge is 2.18. The summed E-state index contributed by atoms with van der Waals surface area (Å²) in [7, 11) is 1.52. The van der Waals surface area contributed by atoms with Gasteiger partial charge in [0, 0.05) is 6.20 Å². The first-order valence-corrected chi connectivity index (χ1v) is 7.34. The molecule has 8 heteroatoms. The number of hydrogen-bond acceptors (Lipinski definition) is 5. The molecule has 0 aliphatic heterocycles. The number of carboxylic acids is 1. The molecule has 0 atom stereocenters. The summed E-state index contributed by atoms with van der Waals surface area (Å²) in [5, 5.41) is 17.9. The molecule has 0 saturated carbocycles. The highest BCUT2D eigenvalue weighted by molar-refractivity contribution is 6.32. The molecular formula is C16H13ClN4O3. The SMILES string of the molecule is COc1ccc(N=Nc2c(C(=O)O)nc3ccc(C)cn23)cc1Cl. The molecule has 122 valence electrons. The van der Waals surface area contributed by atoms with Gasteiger partial charge in [0.25, 0.3) is 0 Å². The summed E-state index contributed by atoms with van der Waals surface area (Å²) in [6.45, 7) is 1.89. The number of hydrogen-bond donors (Lipinski definition) is 1. The van der Waals surface area contributed by atoms with E-state index in [-0.39, 0.29) is 11.5 Å². The number of methoxy groups -OCH3 is 1. The average Bonchev–Trinajstić information content (AvgIpc) is 2.91. The third-order valence-corrected chi connectivity index (χ3v) is 3.63. The smallest absolute Gasteiger partial charge is 0.358 e. The fraction of sp³-hybridized carbons (Fsp3) is 0.125. The van der Waals surface area contributed by atoms with Crippen LogP contribution in [0.2, 0.25) is 5.02 Å². The third-order valence-electron chi connectivity index (χ3n) is 3.34. The van der Waals surface area contributed by atoms with Gasteiger partial charge < -0.3 is 9.84 Å². The summed E-state index contributed by atoms with van der Waals surface area (Å²) < 4.78 is 6.67. The van der Waals surface area contributed by atoms with Crippen LogP contribution in [0.5, 0.6) is 5.75 Å². The summed E-state index contributed by atoms with van der Waals surface area (Å²) >= 11 is 6.05. The van der Waals surface area contributed by atoms with Crippen molar-refractivity contribution in [2.75, 3.05) is 7.11 Å². The van der Waals surface area contributed by atoms with Crippen LogP contribution in [-0.4, -0.2) is 27.6 Å². The monoisotopic (exact) mass is 344 g/mol. The van der Waals surface area contributed by atoms with Crippen molar-refractivity contribution >= 4 is 34.7 Å². The fourth-order valence-electron chi connectivity index (χ4n) is 2.20. The number of halogens is 1. The van der Waals surface area contributed by atoms with E-state index in [4.69, 9.17) is 16.3 Å². The zero-order chi connectivity index (χ0) is 17.3. The van der Waals surface area contributed by atoms with Crippen molar-refractivity contribution in [2.45, 2.75) is 6.92 Å². The van der Waals surface area contributed by atoms with Crippen molar-refractivity contribution in [2.24, 2.45) is 10.2 Å². The zero-order valence-corrected chi connectivity index (χ0v) is 13.7. The van der Waals surface area contributed by atoms with Crippen molar-refractivity contribution in [3.8, 4) is 5.75 Å². The number of pyridine rings is 1. The van der Waals surface area contributed by atoms with Gasteiger partial charge in [-0.15, -0.1) is 10.2 Å². The second-order valence-corrected chi connectivity index (χ2v) is 5.45. The van der Waals surface area contributed by atoms with Crippen molar-refractivity contribution in [1.82, 2.24) is 9.38 Å². The van der Waals surface area contributed by atoms with Crippen LogP contribution in [0.4, 0.5) is 11.5 Å². The van der Waals surface area contributed by atoms with Gasteiger partial charge in [-0.25, -0.2) is 9.78 Å². The van der Waals surface area contributed by atoms with Crippen LogP contribution in [0.25, 0.3) is 5.65 Å². The van der Waals surface area contributed by atoms with E-state index in [2.05, 4.69) is 15.2 Å². The number of rotatable bonds is 4. The lowest BCUT2D eigenvalue weighted by Gasteiger charge is -2.02. The summed E-state index contributed by atoms with van der Waals surface area (Å²) in [6.07, 6.45) is 1.75. The number of aryl methyl sites for hydroxylation is 1. The van der Waals surface area contributed by atoms with Gasteiger partial charge in [0.05, 0.1) is 17.8 Å². The molecule has 0 saturated heterocycles. The summed E-state index contributed by atoms with van der Waals surface area (Å²) in [5.74, 6) is -0.501. The molecular weight excluding hydrogens is 332 g/mol. The molecule has 2 aromatic heterocycles. The van der Waals surface area contributed by atoms with Gasteiger partial charge >= 0.3 is 5.97 Å². The predicted octanol–water partition coefficient (Wildman–Crippen LogP) is 4.42. The van der Waals surface area contributed by atoms with Gasteiger partial charge in [0.15, 0.2) is 11.5 Å². The lowest BCUT2D eigenvalue weighted by Crippen LogP contribution is -1.96. The zero-order valence-electron chi connectivity index (χ0n) is 12.9. The van der Waals surface area contributed by atoms with E-state index in [1.807, 2.05) is 13.0 Å². The first-order chi connectivity index (χ1) is 11.5. The number of nitrogens with zero attached hydrogens (tertiary/aromatic N) is 4. The maximum Gasteiger partial charge on any atom is 0.358 e. The number of imidazole rings is 1. The van der Waals surface area contributed by atoms with E-state index in [0.717, 1.165) is 5.56 Å². The number of ether oxygens (including phenoxy) is 1. The Morgan fingerprint density at radius 2 is 2.08 bits per heavy atom. The van der Waals surface area contributed by atoms with Gasteiger partial charge in [-0.05, 0) is 36.8 Å². The molecule has 3 aromatic rings. The number of fused-ring (bicyclic) bond motifs is 1. The second-order valence-electron chi connectivity index (χ2n) is 5.04. The molecule has 0 radical (unpaired) electrons. The number of azo groups is 1. The largest absolute Gasteiger partial charge is 0.495 e. The summed E-state index contributed by atoms with van der Waals surface area (Å²) in [4.78, 5) is 15.5. The maximum atomic E-state index is 11.4. The molecule has 0 unspecified atom stereocenters. The molecule has 24 heavy (non-hydrogen) atoms. The standard InChI is InChI=1S/C16H13ClN4O3/c1-9-3-6-13-18-14(16(22)23)15(21(13)8-9)20-19-10-4-5-12(24-2)11(17)7-10/h3-8H,1-2H3,(H,22,23). The highest BCUT2D eigenvalue weighted by atomic mass is 35.5. The Hall–Kier alpha value is -2.93. The van der Waals surface area contributed by atoms with Crippen molar-refractivity contribution in [3.63, 3.8) is 0 Å². The van der Waals surface area contributed by atoms with Crippen LogP contribution in [0.3, 0.4) is 0 Å². The lowest BCUT2D eigenvalue weighted by atomic mass is 10.3. The topological polar surface area (TPSA) is 88.5 Å². The van der Waals surface area contributed by atoms with Crippen LogP contribution in [0, 0.1) is 6.92 Å². The molecule has 0 spiro atoms. The van der Waals surface area contributed by atoms with E-state index < -0.39 is 5.97 Å². The number of carboxylic acid groups (broad SMARTS) is 1. The number of benzene rings is 1. The first kappa shape index (κ1) is 15.9. The predicted molar refractivity (Wildman–Crippen MR) is 89.1 cm³/mol. The molecule has 2 heterocycles. The van der Waals surface area contributed by atoms with Gasteiger partial charge in [0.2, 0.25) is 0 Å². The van der Waals surface area contributed by atoms with Gasteiger partial charge in [-0.3, -0.25) is 4.40 Å². The Morgan fingerprint density at radius 3 is 2.75 bits per heavy atom. The molecule has 0 bridgehead atoms. The van der Waals surface area contributed by atoms with Crippen molar-refractivity contribution < 1.29 is 14.6 Å². The van der Waals surface area contributed by atoms with E-state index in [0.29, 0.717) is 22.1 Å². The number of carbonyl (C=O) groups is 1. The third kappa shape index (κ3) is 2.93. The van der Waals surface area contributed by atoms with Crippen molar-refractivity contribution in [3.05, 3.63) is 52.8 Å². The Kier molecular flexibility index (Phi) is 4.18. The molecule has 0 aliphatic carbocycles. The molecule has 0 amide bonds. The highest BCUT2D eigenvalue weighted by Crippen LogP contribution is 2.30. The summed E-state index contributed by atoms with van der Waals surface area (Å²) in [6, 6.07) is 8.48. The Bertz CT molecular complexity index is 965. The molecule has 7 nitrogen and oxygen atoms in total. The lowest BCUT2D eigenvalue weighted by molar-refractivity contribution is 0.0692. The molecule has 1 N–H and O–H groups in total. The van der Waals surface area contributed by atoms with E-state index >= 15 is 0 Å².